The Morgan fingerprint density at radius 1 is 1.29 bits per heavy atom. The zero-order valence-corrected chi connectivity index (χ0v) is 15.0. The molecular weight excluding hydrogens is 326 g/mol. The van der Waals surface area contributed by atoms with Gasteiger partial charge in [0, 0.05) is 32.6 Å². The predicted molar refractivity (Wildman–Crippen MR) is 97.0 cm³/mol. The van der Waals surface area contributed by atoms with E-state index in [4.69, 9.17) is 0 Å². The first-order chi connectivity index (χ1) is 11.2. The number of hydrogen-bond acceptors (Lipinski definition) is 5. The average molecular weight is 347 g/mol. The minimum Gasteiger partial charge on any atom is -0.340 e. The minimum absolute atomic E-state index is 0.00475. The molecule has 2 aromatic rings. The van der Waals surface area contributed by atoms with Crippen LogP contribution in [0, 0.1) is 17.0 Å². The van der Waals surface area contributed by atoms with Crippen LogP contribution in [0.5, 0.6) is 0 Å². The summed E-state index contributed by atoms with van der Waals surface area (Å²) in [5, 5.41) is 14.0. The van der Waals surface area contributed by atoms with E-state index >= 15 is 0 Å². The fourth-order valence-electron chi connectivity index (χ4n) is 2.06. The van der Waals surface area contributed by atoms with Gasteiger partial charge >= 0.3 is 0 Å². The van der Waals surface area contributed by atoms with Crippen LogP contribution >= 0.6 is 0 Å². The van der Waals surface area contributed by atoms with Crippen LogP contribution in [-0.4, -0.2) is 18.9 Å². The van der Waals surface area contributed by atoms with Gasteiger partial charge in [-0.3, -0.25) is 14.3 Å². The largest absolute Gasteiger partial charge is 0.340 e. The first kappa shape index (κ1) is 18.1. The van der Waals surface area contributed by atoms with E-state index in [0.717, 1.165) is 11.3 Å². The highest BCUT2D eigenvalue weighted by Crippen LogP contribution is 2.23. The molecule has 1 unspecified atom stereocenters. The van der Waals surface area contributed by atoms with Crippen molar-refractivity contribution < 1.29 is 9.13 Å². The molecule has 6 nitrogen and oxygen atoms in total. The average Bonchev–Trinajstić information content (AvgIpc) is 2.46. The van der Waals surface area contributed by atoms with Crippen LogP contribution < -0.4 is 5.32 Å². The van der Waals surface area contributed by atoms with E-state index in [1.54, 1.807) is 13.0 Å². The zero-order chi connectivity index (χ0) is 17.9. The Balaban J connectivity index is 2.16. The Bertz CT molecular complexity index is 785. The highest BCUT2D eigenvalue weighted by molar-refractivity contribution is 7.85. The van der Waals surface area contributed by atoms with Gasteiger partial charge in [0.15, 0.2) is 0 Å². The summed E-state index contributed by atoms with van der Waals surface area (Å²) in [6.07, 6.45) is 1.25. The number of nitrogens with one attached hydrogen (secondary N) is 1. The lowest BCUT2D eigenvalue weighted by atomic mass is 10.2. The van der Waals surface area contributed by atoms with Crippen LogP contribution in [0.4, 0.5) is 17.2 Å². The second kappa shape index (κ2) is 7.09. The van der Waals surface area contributed by atoms with Crippen LogP contribution in [0.15, 0.2) is 36.5 Å². The molecule has 0 spiro atoms. The molecule has 0 saturated carbocycles. The maximum atomic E-state index is 12.3. The summed E-state index contributed by atoms with van der Waals surface area (Å²) in [6.45, 7) is 7.53. The lowest BCUT2D eigenvalue weighted by Crippen LogP contribution is -2.22. The van der Waals surface area contributed by atoms with Gasteiger partial charge in [0.05, 0.1) is 4.92 Å². The summed E-state index contributed by atoms with van der Waals surface area (Å²) in [6, 6.07) is 9.25. The van der Waals surface area contributed by atoms with Crippen molar-refractivity contribution in [2.24, 2.45) is 0 Å². The normalized spacial score (nSPS) is 12.7. The fraction of sp³-hybridized carbons (Fsp3) is 0.353. The molecule has 0 aliphatic heterocycles. The molecule has 2 rings (SSSR count). The predicted octanol–water partition coefficient (Wildman–Crippen LogP) is 4.09. The van der Waals surface area contributed by atoms with Crippen molar-refractivity contribution in [3.05, 3.63) is 57.8 Å². The molecule has 0 aliphatic carbocycles. The molecule has 24 heavy (non-hydrogen) atoms. The summed E-state index contributed by atoms with van der Waals surface area (Å²) in [5.41, 5.74) is 2.31. The molecule has 1 heterocycles. The maximum Gasteiger partial charge on any atom is 0.290 e. The van der Waals surface area contributed by atoms with Crippen molar-refractivity contribution in [2.75, 3.05) is 5.32 Å². The van der Waals surface area contributed by atoms with Crippen molar-refractivity contribution in [3.63, 3.8) is 0 Å². The maximum absolute atomic E-state index is 12.3. The zero-order valence-electron chi connectivity index (χ0n) is 14.2. The number of anilines is 2. The van der Waals surface area contributed by atoms with E-state index in [1.165, 1.54) is 6.20 Å². The van der Waals surface area contributed by atoms with E-state index in [1.807, 2.05) is 45.0 Å². The van der Waals surface area contributed by atoms with Gasteiger partial charge in [-0.15, -0.1) is 0 Å². The van der Waals surface area contributed by atoms with E-state index in [0.29, 0.717) is 17.1 Å². The molecule has 0 fully saturated rings. The molecule has 0 saturated heterocycles. The van der Waals surface area contributed by atoms with Crippen LogP contribution in [0.2, 0.25) is 0 Å². The molecular formula is C17H21N3O3S. The lowest BCUT2D eigenvalue weighted by Gasteiger charge is -2.18. The van der Waals surface area contributed by atoms with Gasteiger partial charge in [-0.1, -0.05) is 12.1 Å². The first-order valence-electron chi connectivity index (χ1n) is 7.52. The van der Waals surface area contributed by atoms with Crippen LogP contribution in [0.1, 0.15) is 31.9 Å². The number of hydrogen-bond donors (Lipinski definition) is 1. The first-order valence-corrected chi connectivity index (χ1v) is 8.84. The van der Waals surface area contributed by atoms with Crippen molar-refractivity contribution in [1.29, 1.82) is 0 Å². The molecule has 0 radical (unpaired) electrons. The number of rotatable bonds is 5. The number of nitro groups is 1. The third-order valence-corrected chi connectivity index (χ3v) is 5.42. The lowest BCUT2D eigenvalue weighted by molar-refractivity contribution is -0.385. The van der Waals surface area contributed by atoms with Crippen molar-refractivity contribution >= 4 is 28.0 Å². The van der Waals surface area contributed by atoms with Crippen LogP contribution in [-0.2, 0) is 16.6 Å². The number of pyridine rings is 1. The van der Waals surface area contributed by atoms with Gasteiger partial charge in [0.25, 0.3) is 5.69 Å². The molecule has 0 amide bonds. The second-order valence-corrected chi connectivity index (χ2v) is 8.75. The summed E-state index contributed by atoms with van der Waals surface area (Å²) in [5.74, 6) is 1.01. The summed E-state index contributed by atoms with van der Waals surface area (Å²) >= 11 is 0. The van der Waals surface area contributed by atoms with Crippen LogP contribution in [0.3, 0.4) is 0 Å². The monoisotopic (exact) mass is 347 g/mol. The molecule has 0 aliphatic rings. The SMILES string of the molecule is Cc1cc(Nc2cccc(CS(=O)C(C)(C)C)c2)ncc1[N+](=O)[O-]. The Kier molecular flexibility index (Phi) is 5.33. The van der Waals surface area contributed by atoms with Gasteiger partial charge in [0.2, 0.25) is 0 Å². The molecule has 1 aromatic heterocycles. The van der Waals surface area contributed by atoms with E-state index < -0.39 is 15.7 Å². The molecule has 1 N–H and O–H groups in total. The van der Waals surface area contributed by atoms with Gasteiger partial charge in [-0.2, -0.15) is 0 Å². The Hall–Kier alpha value is -2.28. The Morgan fingerprint density at radius 2 is 2.00 bits per heavy atom. The fourth-order valence-corrected chi connectivity index (χ4v) is 2.98. The Labute approximate surface area is 143 Å². The summed E-state index contributed by atoms with van der Waals surface area (Å²) in [7, 11) is -0.973. The summed E-state index contributed by atoms with van der Waals surface area (Å²) in [4.78, 5) is 14.5. The second-order valence-electron chi connectivity index (χ2n) is 6.54. The van der Waals surface area contributed by atoms with Crippen LogP contribution in [0.25, 0.3) is 0 Å². The Morgan fingerprint density at radius 3 is 2.58 bits per heavy atom. The van der Waals surface area contributed by atoms with E-state index in [9.17, 15) is 14.3 Å². The number of aromatic nitrogens is 1. The van der Waals surface area contributed by atoms with E-state index in [-0.39, 0.29) is 10.4 Å². The smallest absolute Gasteiger partial charge is 0.290 e. The van der Waals surface area contributed by atoms with Crippen molar-refractivity contribution in [3.8, 4) is 0 Å². The molecule has 0 bridgehead atoms. The number of benzene rings is 1. The number of aryl methyl sites for hydroxylation is 1. The molecule has 7 heteroatoms. The molecule has 128 valence electrons. The molecule has 1 aromatic carbocycles. The topological polar surface area (TPSA) is 85.1 Å². The number of nitrogens with zero attached hydrogens (tertiary/aromatic N) is 2. The van der Waals surface area contributed by atoms with E-state index in [2.05, 4.69) is 10.3 Å². The van der Waals surface area contributed by atoms with Gasteiger partial charge in [0.1, 0.15) is 12.0 Å². The third kappa shape index (κ3) is 4.61. The van der Waals surface area contributed by atoms with Gasteiger partial charge in [-0.05, 0) is 51.5 Å². The highest BCUT2D eigenvalue weighted by atomic mass is 32.2. The minimum atomic E-state index is -0.973. The van der Waals surface area contributed by atoms with Crippen molar-refractivity contribution in [1.82, 2.24) is 4.98 Å². The highest BCUT2D eigenvalue weighted by Gasteiger charge is 2.19. The third-order valence-electron chi connectivity index (χ3n) is 3.46. The van der Waals surface area contributed by atoms with Gasteiger partial charge < -0.3 is 5.32 Å². The summed E-state index contributed by atoms with van der Waals surface area (Å²) < 4.78 is 12.0. The van der Waals surface area contributed by atoms with Gasteiger partial charge in [-0.25, -0.2) is 4.98 Å². The standard InChI is InChI=1S/C17H21N3O3S/c1-12-8-16(18-10-15(12)20(21)22)19-14-7-5-6-13(9-14)11-24(23)17(2,3)4/h5-10H,11H2,1-4H3,(H,18,19). The van der Waals surface area contributed by atoms with Crippen molar-refractivity contribution in [2.45, 2.75) is 38.2 Å². The quantitative estimate of drug-likeness (QED) is 0.650. The molecule has 1 atom stereocenters.